The van der Waals surface area contributed by atoms with Gasteiger partial charge in [0.05, 0.1) is 5.41 Å². The monoisotopic (exact) mass is 418 g/mol. The Morgan fingerprint density at radius 2 is 1.86 bits per heavy atom. The average Bonchev–Trinajstić information content (AvgIpc) is 2.61. The lowest BCUT2D eigenvalue weighted by molar-refractivity contribution is -0.176. The number of halogens is 1. The van der Waals surface area contributed by atoms with Crippen molar-refractivity contribution in [1.29, 1.82) is 0 Å². The number of hydrogen-bond donors (Lipinski definition) is 2. The first kappa shape index (κ1) is 20.2. The van der Waals surface area contributed by atoms with Crippen molar-refractivity contribution in [2.75, 3.05) is 11.9 Å². The van der Waals surface area contributed by atoms with Crippen LogP contribution in [0.3, 0.4) is 0 Å². The number of esters is 1. The van der Waals surface area contributed by atoms with Gasteiger partial charge in [0, 0.05) is 23.2 Å². The van der Waals surface area contributed by atoms with E-state index in [9.17, 15) is 14.4 Å². The highest BCUT2D eigenvalue weighted by molar-refractivity contribution is 6.31. The molecule has 7 heteroatoms. The van der Waals surface area contributed by atoms with Gasteiger partial charge >= 0.3 is 5.97 Å². The number of carbonyl (C=O) groups is 3. The summed E-state index contributed by atoms with van der Waals surface area (Å²) < 4.78 is 5.48. The molecule has 2 unspecified atom stereocenters. The average molecular weight is 419 g/mol. The Morgan fingerprint density at radius 1 is 1.17 bits per heavy atom. The predicted molar refractivity (Wildman–Crippen MR) is 109 cm³/mol. The van der Waals surface area contributed by atoms with Gasteiger partial charge in [-0.2, -0.15) is 0 Å². The number of nitrogens with one attached hydrogen (secondary N) is 2. The molecule has 0 radical (unpaired) electrons. The Labute approximate surface area is 175 Å². The first-order chi connectivity index (χ1) is 13.7. The van der Waals surface area contributed by atoms with Gasteiger partial charge in [0.2, 0.25) is 5.91 Å². The predicted octanol–water partition coefficient (Wildman–Crippen LogP) is 3.61. The summed E-state index contributed by atoms with van der Waals surface area (Å²) in [6.45, 7) is 3.03. The van der Waals surface area contributed by atoms with E-state index in [2.05, 4.69) is 10.6 Å². The Hall–Kier alpha value is -2.08. The smallest absolute Gasteiger partial charge is 0.312 e. The van der Waals surface area contributed by atoms with Crippen molar-refractivity contribution in [1.82, 2.24) is 5.32 Å². The molecule has 2 atom stereocenters. The Bertz CT molecular complexity index is 854. The van der Waals surface area contributed by atoms with Crippen molar-refractivity contribution in [2.24, 2.45) is 17.3 Å². The number of anilines is 1. The largest absolute Gasteiger partial charge is 0.455 e. The molecule has 2 N–H and O–H groups in total. The Kier molecular flexibility index (Phi) is 5.09. The van der Waals surface area contributed by atoms with Crippen LogP contribution in [0.1, 0.15) is 51.0 Å². The van der Waals surface area contributed by atoms with Crippen LogP contribution in [0.2, 0.25) is 5.02 Å². The van der Waals surface area contributed by atoms with E-state index in [-0.39, 0.29) is 29.9 Å². The number of rotatable bonds is 5. The van der Waals surface area contributed by atoms with E-state index >= 15 is 0 Å². The summed E-state index contributed by atoms with van der Waals surface area (Å²) in [6.07, 6.45) is 5.18. The van der Waals surface area contributed by atoms with Gasteiger partial charge in [-0.25, -0.2) is 0 Å². The molecule has 1 aromatic rings. The summed E-state index contributed by atoms with van der Waals surface area (Å²) in [7, 11) is 0. The summed E-state index contributed by atoms with van der Waals surface area (Å²) >= 11 is 6.08. The third-order valence-corrected chi connectivity index (χ3v) is 7.22. The van der Waals surface area contributed by atoms with E-state index in [1.54, 1.807) is 18.2 Å². The SMILES string of the molecule is CC(=O)NC12CC3CC(C1)CC(C(=O)OCC(=O)Nc1cccc(Cl)c1C)(C3)C2. The molecule has 29 heavy (non-hydrogen) atoms. The third kappa shape index (κ3) is 3.87. The van der Waals surface area contributed by atoms with E-state index in [0.717, 1.165) is 37.7 Å². The minimum Gasteiger partial charge on any atom is -0.455 e. The minimum absolute atomic E-state index is 0.0493. The molecule has 0 aliphatic heterocycles. The molecule has 0 heterocycles. The van der Waals surface area contributed by atoms with Crippen LogP contribution in [-0.4, -0.2) is 29.9 Å². The van der Waals surface area contributed by atoms with Gasteiger partial charge < -0.3 is 15.4 Å². The van der Waals surface area contributed by atoms with Gasteiger partial charge in [-0.05, 0) is 75.0 Å². The molecule has 4 saturated carbocycles. The van der Waals surface area contributed by atoms with Gasteiger partial charge in [0.1, 0.15) is 0 Å². The van der Waals surface area contributed by atoms with E-state index in [4.69, 9.17) is 16.3 Å². The first-order valence-electron chi connectivity index (χ1n) is 10.2. The van der Waals surface area contributed by atoms with E-state index in [1.165, 1.54) is 6.92 Å². The quantitative estimate of drug-likeness (QED) is 0.715. The molecule has 0 aromatic heterocycles. The van der Waals surface area contributed by atoms with E-state index in [0.29, 0.717) is 29.0 Å². The summed E-state index contributed by atoms with van der Waals surface area (Å²) in [6, 6.07) is 5.27. The summed E-state index contributed by atoms with van der Waals surface area (Å²) in [5.74, 6) is 0.119. The summed E-state index contributed by atoms with van der Waals surface area (Å²) in [5, 5.41) is 6.46. The van der Waals surface area contributed by atoms with Crippen LogP contribution in [0, 0.1) is 24.2 Å². The maximum atomic E-state index is 13.1. The van der Waals surface area contributed by atoms with Crippen molar-refractivity contribution in [3.05, 3.63) is 28.8 Å². The number of carbonyl (C=O) groups excluding carboxylic acids is 3. The molecule has 4 fully saturated rings. The molecule has 0 spiro atoms. The van der Waals surface area contributed by atoms with Crippen molar-refractivity contribution in [3.63, 3.8) is 0 Å². The van der Waals surface area contributed by atoms with Crippen LogP contribution in [0.15, 0.2) is 18.2 Å². The molecular weight excluding hydrogens is 392 g/mol. The summed E-state index contributed by atoms with van der Waals surface area (Å²) in [5.41, 5.74) is 0.499. The molecule has 1 aromatic carbocycles. The van der Waals surface area contributed by atoms with Crippen molar-refractivity contribution >= 4 is 35.1 Å². The normalized spacial score (nSPS) is 32.0. The fourth-order valence-electron chi connectivity index (χ4n) is 6.23. The molecule has 4 aliphatic carbocycles. The lowest BCUT2D eigenvalue weighted by Crippen LogP contribution is -2.64. The number of amides is 2. The topological polar surface area (TPSA) is 84.5 Å². The maximum absolute atomic E-state index is 13.1. The van der Waals surface area contributed by atoms with Crippen molar-refractivity contribution in [2.45, 2.75) is 57.9 Å². The highest BCUT2D eigenvalue weighted by atomic mass is 35.5. The molecule has 2 amide bonds. The van der Waals surface area contributed by atoms with Crippen LogP contribution >= 0.6 is 11.6 Å². The molecule has 5 rings (SSSR count). The van der Waals surface area contributed by atoms with Gasteiger partial charge in [-0.15, -0.1) is 0 Å². The van der Waals surface area contributed by atoms with Gasteiger partial charge in [0.25, 0.3) is 5.91 Å². The Balaban J connectivity index is 1.41. The second-order valence-corrected chi connectivity index (χ2v) is 9.65. The fraction of sp³-hybridized carbons (Fsp3) is 0.591. The second kappa shape index (κ2) is 7.31. The number of ether oxygens (including phenoxy) is 1. The van der Waals surface area contributed by atoms with E-state index < -0.39 is 5.41 Å². The van der Waals surface area contributed by atoms with Gasteiger partial charge in [0.15, 0.2) is 6.61 Å². The van der Waals surface area contributed by atoms with Crippen LogP contribution in [0.5, 0.6) is 0 Å². The minimum atomic E-state index is -0.585. The standard InChI is InChI=1S/C22H27ClN2O4/c1-13-17(23)4-3-5-18(13)24-19(27)11-29-20(28)21-7-15-6-16(8-21)10-22(9-15,12-21)25-14(2)26/h3-5,15-16H,6-12H2,1-2H3,(H,24,27)(H,25,26). The molecular formula is C22H27ClN2O4. The lowest BCUT2D eigenvalue weighted by Gasteiger charge is -2.60. The maximum Gasteiger partial charge on any atom is 0.312 e. The van der Waals surface area contributed by atoms with Crippen molar-refractivity contribution < 1.29 is 19.1 Å². The second-order valence-electron chi connectivity index (χ2n) is 9.24. The molecule has 0 saturated heterocycles. The zero-order valence-corrected chi connectivity index (χ0v) is 17.6. The van der Waals surface area contributed by atoms with Crippen molar-refractivity contribution in [3.8, 4) is 0 Å². The molecule has 156 valence electrons. The number of benzene rings is 1. The summed E-state index contributed by atoms with van der Waals surface area (Å²) in [4.78, 5) is 37.1. The van der Waals surface area contributed by atoms with Crippen LogP contribution in [-0.2, 0) is 19.1 Å². The Morgan fingerprint density at radius 3 is 2.52 bits per heavy atom. The van der Waals surface area contributed by atoms with E-state index in [1.807, 2.05) is 6.92 Å². The van der Waals surface area contributed by atoms with Crippen LogP contribution in [0.25, 0.3) is 0 Å². The molecule has 6 nitrogen and oxygen atoms in total. The molecule has 4 bridgehead atoms. The first-order valence-corrected chi connectivity index (χ1v) is 10.6. The van der Waals surface area contributed by atoms with Gasteiger partial charge in [-0.3, -0.25) is 14.4 Å². The zero-order valence-electron chi connectivity index (χ0n) is 16.8. The fourth-order valence-corrected chi connectivity index (χ4v) is 6.41. The lowest BCUT2D eigenvalue weighted by atomic mass is 9.47. The third-order valence-electron chi connectivity index (χ3n) is 6.81. The van der Waals surface area contributed by atoms with Crippen LogP contribution in [0.4, 0.5) is 5.69 Å². The molecule has 4 aliphatic rings. The number of hydrogen-bond acceptors (Lipinski definition) is 4. The zero-order chi connectivity index (χ0) is 20.8. The van der Waals surface area contributed by atoms with Crippen LogP contribution < -0.4 is 10.6 Å². The van der Waals surface area contributed by atoms with Gasteiger partial charge in [-0.1, -0.05) is 17.7 Å². The highest BCUT2D eigenvalue weighted by Crippen LogP contribution is 2.62. The highest BCUT2D eigenvalue weighted by Gasteiger charge is 2.61.